The van der Waals surface area contributed by atoms with E-state index in [-0.39, 0.29) is 18.1 Å². The maximum Gasteiger partial charge on any atom is 0.245 e. The number of carbonyl (C=O) groups is 2. The molecule has 0 saturated heterocycles. The average molecular weight is 522 g/mol. The first-order valence-corrected chi connectivity index (χ1v) is 13.2. The highest BCUT2D eigenvalue weighted by atomic mass is 32.2. The summed E-state index contributed by atoms with van der Waals surface area (Å²) in [6.45, 7) is 3.28. The van der Waals surface area contributed by atoms with E-state index in [1.54, 1.807) is 98.8 Å². The molecule has 0 fully saturated rings. The Morgan fingerprint density at radius 2 is 1.46 bits per heavy atom. The maximum atomic E-state index is 13.3. The normalized spacial score (nSPS) is 12.4. The van der Waals surface area contributed by atoms with E-state index in [1.807, 2.05) is 0 Å². The van der Waals surface area contributed by atoms with Crippen LogP contribution in [-0.2, 0) is 31.9 Å². The van der Waals surface area contributed by atoms with Gasteiger partial charge in [0.25, 0.3) is 0 Å². The lowest BCUT2D eigenvalue weighted by atomic mass is 10.0. The Kier molecular flexibility index (Phi) is 8.80. The highest BCUT2D eigenvalue weighted by Crippen LogP contribution is 2.18. The average Bonchev–Trinajstić information content (AvgIpc) is 2.86. The minimum absolute atomic E-state index is 0.0493. The Labute approximate surface area is 217 Å². The number of amides is 2. The van der Waals surface area contributed by atoms with Gasteiger partial charge < -0.3 is 16.4 Å². The molecule has 0 bridgehead atoms. The highest BCUT2D eigenvalue weighted by Gasteiger charge is 2.34. The molecule has 0 aliphatic heterocycles. The molecule has 194 valence electrons. The van der Waals surface area contributed by atoms with E-state index >= 15 is 0 Å². The zero-order valence-corrected chi connectivity index (χ0v) is 21.5. The van der Waals surface area contributed by atoms with Crippen LogP contribution in [-0.4, -0.2) is 31.6 Å². The van der Waals surface area contributed by atoms with Gasteiger partial charge in [0.2, 0.25) is 21.8 Å². The summed E-state index contributed by atoms with van der Waals surface area (Å²) < 4.78 is 28.3. The van der Waals surface area contributed by atoms with E-state index < -0.39 is 33.4 Å². The predicted molar refractivity (Wildman–Crippen MR) is 143 cm³/mol. The zero-order chi connectivity index (χ0) is 27.1. The first-order chi connectivity index (χ1) is 17.5. The summed E-state index contributed by atoms with van der Waals surface area (Å²) in [5, 5.41) is 12.9. The number of carbonyl (C=O) groups excluding carboxylic acids is 2. The Balaban J connectivity index is 1.71. The number of rotatable bonds is 11. The molecule has 0 heterocycles. The number of hydrogen-bond acceptors (Lipinski definition) is 5. The van der Waals surface area contributed by atoms with Gasteiger partial charge in [0.15, 0.2) is 0 Å². The second kappa shape index (κ2) is 11.8. The van der Waals surface area contributed by atoms with Crippen LogP contribution in [0.15, 0.2) is 84.9 Å². The molecule has 1 atom stereocenters. The van der Waals surface area contributed by atoms with Crippen LogP contribution >= 0.6 is 0 Å². The van der Waals surface area contributed by atoms with Crippen LogP contribution in [0.3, 0.4) is 0 Å². The number of nitrogens with two attached hydrogens (primary N) is 1. The summed E-state index contributed by atoms with van der Waals surface area (Å²) in [6.07, 6.45) is 0. The van der Waals surface area contributed by atoms with Crippen LogP contribution in [0.25, 0.3) is 0 Å². The third-order valence-corrected chi connectivity index (χ3v) is 6.92. The molecule has 0 spiro atoms. The molecule has 0 radical (unpaired) electrons. The third-order valence-electron chi connectivity index (χ3n) is 5.61. The van der Waals surface area contributed by atoms with E-state index in [1.165, 1.54) is 0 Å². The molecule has 6 N–H and O–H groups in total. The fourth-order valence-corrected chi connectivity index (χ4v) is 4.89. The second-order valence-corrected chi connectivity index (χ2v) is 10.9. The highest BCUT2D eigenvalue weighted by molar-refractivity contribution is 7.88. The Morgan fingerprint density at radius 3 is 2.03 bits per heavy atom. The molecular weight excluding hydrogens is 490 g/mol. The summed E-state index contributed by atoms with van der Waals surface area (Å²) in [5.41, 5.74) is 6.51. The molecule has 37 heavy (non-hydrogen) atoms. The lowest BCUT2D eigenvalue weighted by Gasteiger charge is -2.28. The summed E-state index contributed by atoms with van der Waals surface area (Å²) in [5.74, 6) is -1.45. The van der Waals surface area contributed by atoms with Crippen LogP contribution in [0, 0.1) is 5.41 Å². The summed E-state index contributed by atoms with van der Waals surface area (Å²) >= 11 is 0. The largest absolute Gasteiger partial charge is 0.384 e. The summed E-state index contributed by atoms with van der Waals surface area (Å²) in [4.78, 5) is 26.2. The molecule has 0 saturated carbocycles. The number of sulfonamides is 1. The van der Waals surface area contributed by atoms with Crippen molar-refractivity contribution in [2.75, 3.05) is 0 Å². The third kappa shape index (κ3) is 7.99. The zero-order valence-electron chi connectivity index (χ0n) is 20.7. The van der Waals surface area contributed by atoms with Gasteiger partial charge in [-0.2, -0.15) is 4.72 Å². The molecule has 0 aliphatic rings. The van der Waals surface area contributed by atoms with Crippen molar-refractivity contribution >= 4 is 27.7 Å². The van der Waals surface area contributed by atoms with E-state index in [0.717, 1.165) is 5.56 Å². The molecule has 3 aromatic rings. The number of amidine groups is 1. The topological polar surface area (TPSA) is 154 Å². The van der Waals surface area contributed by atoms with Gasteiger partial charge in [-0.1, -0.05) is 84.9 Å². The number of hydrogen-bond donors (Lipinski definition) is 5. The van der Waals surface area contributed by atoms with Crippen molar-refractivity contribution in [1.29, 1.82) is 5.41 Å². The van der Waals surface area contributed by atoms with Crippen molar-refractivity contribution in [3.63, 3.8) is 0 Å². The van der Waals surface area contributed by atoms with Crippen molar-refractivity contribution < 1.29 is 18.0 Å². The van der Waals surface area contributed by atoms with Crippen molar-refractivity contribution in [3.05, 3.63) is 107 Å². The van der Waals surface area contributed by atoms with Gasteiger partial charge in [-0.3, -0.25) is 15.0 Å². The van der Waals surface area contributed by atoms with Gasteiger partial charge in [-0.25, -0.2) is 8.42 Å². The van der Waals surface area contributed by atoms with Gasteiger partial charge in [-0.15, -0.1) is 0 Å². The summed E-state index contributed by atoms with van der Waals surface area (Å²) in [6, 6.07) is 22.7. The molecule has 3 aromatic carbocycles. The van der Waals surface area contributed by atoms with Crippen LogP contribution in [0.1, 0.15) is 42.1 Å². The Bertz CT molecular complexity index is 1340. The van der Waals surface area contributed by atoms with Gasteiger partial charge in [0.05, 0.1) is 5.75 Å². The van der Waals surface area contributed by atoms with Crippen LogP contribution in [0.2, 0.25) is 0 Å². The standard InChI is InChI=1S/C27H31N5O4S/c1-27(2,26(34)30-17-19-13-15-22(16-14-19)24(28)29)31-25(33)23(21-11-7-4-8-12-21)32-37(35,36)18-20-9-5-3-6-10-20/h3-16,23,32H,17-18H2,1-2H3,(H3,28,29)(H,30,34)(H,31,33)/t23-/m1/s1. The molecular formula is C27H31N5O4S. The molecule has 10 heteroatoms. The first kappa shape index (κ1) is 27.6. The van der Waals surface area contributed by atoms with Crippen molar-refractivity contribution in [3.8, 4) is 0 Å². The Hall–Kier alpha value is -4.02. The second-order valence-electron chi connectivity index (χ2n) is 9.11. The molecule has 2 amide bonds. The lowest BCUT2D eigenvalue weighted by molar-refractivity contribution is -0.133. The fraction of sp³-hybridized carbons (Fsp3) is 0.222. The van der Waals surface area contributed by atoms with E-state index in [4.69, 9.17) is 11.1 Å². The molecule has 0 unspecified atom stereocenters. The van der Waals surface area contributed by atoms with Crippen molar-refractivity contribution in [2.45, 2.75) is 37.7 Å². The maximum absolute atomic E-state index is 13.3. The summed E-state index contributed by atoms with van der Waals surface area (Å²) in [7, 11) is -3.89. The van der Waals surface area contributed by atoms with Gasteiger partial charge >= 0.3 is 0 Å². The van der Waals surface area contributed by atoms with Gasteiger partial charge in [0.1, 0.15) is 17.4 Å². The first-order valence-electron chi connectivity index (χ1n) is 11.6. The molecule has 3 rings (SSSR count). The molecule has 0 aromatic heterocycles. The van der Waals surface area contributed by atoms with E-state index in [0.29, 0.717) is 16.7 Å². The van der Waals surface area contributed by atoms with Crippen LogP contribution in [0.5, 0.6) is 0 Å². The van der Waals surface area contributed by atoms with Crippen LogP contribution < -0.4 is 21.1 Å². The van der Waals surface area contributed by atoms with Crippen molar-refractivity contribution in [1.82, 2.24) is 15.4 Å². The van der Waals surface area contributed by atoms with Crippen LogP contribution in [0.4, 0.5) is 0 Å². The number of nitrogens with one attached hydrogen (secondary N) is 4. The smallest absolute Gasteiger partial charge is 0.245 e. The van der Waals surface area contributed by atoms with Crippen molar-refractivity contribution in [2.24, 2.45) is 5.73 Å². The fourth-order valence-electron chi connectivity index (χ4n) is 3.58. The minimum atomic E-state index is -3.89. The number of nitrogen functional groups attached to an aromatic ring is 1. The minimum Gasteiger partial charge on any atom is -0.384 e. The predicted octanol–water partition coefficient (Wildman–Crippen LogP) is 2.34. The lowest BCUT2D eigenvalue weighted by Crippen LogP contribution is -2.57. The van der Waals surface area contributed by atoms with Gasteiger partial charge in [-0.05, 0) is 30.5 Å². The number of benzene rings is 3. The molecule has 0 aliphatic carbocycles. The van der Waals surface area contributed by atoms with E-state index in [9.17, 15) is 18.0 Å². The monoisotopic (exact) mass is 521 g/mol. The quantitative estimate of drug-likeness (QED) is 0.194. The Morgan fingerprint density at radius 1 is 0.892 bits per heavy atom. The SMILES string of the molecule is CC(C)(NC(=O)[C@H](NS(=O)(=O)Cc1ccccc1)c1ccccc1)C(=O)NCc1ccc(C(=N)N)cc1. The van der Waals surface area contributed by atoms with Gasteiger partial charge in [0, 0.05) is 12.1 Å². The van der Waals surface area contributed by atoms with E-state index in [2.05, 4.69) is 15.4 Å². The molecule has 9 nitrogen and oxygen atoms in total.